The fraction of sp³-hybridized carbons (Fsp3) is 0.190. The van der Waals surface area contributed by atoms with Crippen molar-refractivity contribution >= 4 is 31.4 Å². The largest absolute Gasteiger partial charge is 0.467 e. The third kappa shape index (κ3) is 4.39. The van der Waals surface area contributed by atoms with Gasteiger partial charge in [-0.1, -0.05) is 18.2 Å². The minimum atomic E-state index is -4.19. The lowest BCUT2D eigenvalue weighted by Gasteiger charge is -2.21. The maximum Gasteiger partial charge on any atom is 0.279 e. The lowest BCUT2D eigenvalue weighted by atomic mass is 10.0. The summed E-state index contributed by atoms with van der Waals surface area (Å²) in [4.78, 5) is -0.233. The van der Waals surface area contributed by atoms with Gasteiger partial charge in [-0.15, -0.1) is 0 Å². The molecule has 0 spiro atoms. The van der Waals surface area contributed by atoms with Gasteiger partial charge in [0.25, 0.3) is 10.0 Å². The Morgan fingerprint density at radius 2 is 1.88 bits per heavy atom. The fourth-order valence-electron chi connectivity index (χ4n) is 3.33. The molecule has 0 radical (unpaired) electrons. The quantitative estimate of drug-likeness (QED) is 0.558. The zero-order valence-corrected chi connectivity index (χ0v) is 18.6. The molecule has 0 saturated heterocycles. The van der Waals surface area contributed by atoms with E-state index in [1.165, 1.54) is 25.3 Å². The summed E-state index contributed by atoms with van der Waals surface area (Å²) >= 11 is 0. The first-order chi connectivity index (χ1) is 15.2. The van der Waals surface area contributed by atoms with Crippen LogP contribution in [-0.2, 0) is 20.0 Å². The van der Waals surface area contributed by atoms with Gasteiger partial charge in [0.15, 0.2) is 0 Å². The van der Waals surface area contributed by atoms with E-state index in [9.17, 15) is 21.2 Å². The number of nitrogens with zero attached hydrogens (tertiary/aromatic N) is 2. The van der Waals surface area contributed by atoms with Crippen molar-refractivity contribution in [1.29, 1.82) is 0 Å². The number of halogens is 1. The molecule has 0 amide bonds. The SMILES string of the molecule is CCS(=O)(=O)Nc1cccc(C2=NN(S(=O)(=O)c3cccc(F)c3)[C@@H](c3ccco3)C2)c1. The summed E-state index contributed by atoms with van der Waals surface area (Å²) in [5.74, 6) is -0.384. The summed E-state index contributed by atoms with van der Waals surface area (Å²) in [6, 6.07) is 13.7. The summed E-state index contributed by atoms with van der Waals surface area (Å²) < 4.78 is 72.9. The van der Waals surface area contributed by atoms with Crippen LogP contribution in [0.25, 0.3) is 0 Å². The monoisotopic (exact) mass is 477 g/mol. The lowest BCUT2D eigenvalue weighted by Crippen LogP contribution is -2.27. The van der Waals surface area contributed by atoms with Gasteiger partial charge in [0, 0.05) is 12.1 Å². The van der Waals surface area contributed by atoms with Crippen molar-refractivity contribution in [2.75, 3.05) is 10.5 Å². The predicted octanol–water partition coefficient (Wildman–Crippen LogP) is 3.72. The second kappa shape index (κ2) is 8.40. The highest BCUT2D eigenvalue weighted by Crippen LogP contribution is 2.37. The molecule has 32 heavy (non-hydrogen) atoms. The minimum Gasteiger partial charge on any atom is -0.467 e. The van der Waals surface area contributed by atoms with Crippen LogP contribution in [0.15, 0.2) is 81.3 Å². The predicted molar refractivity (Wildman–Crippen MR) is 118 cm³/mol. The number of hydrazone groups is 1. The van der Waals surface area contributed by atoms with E-state index < -0.39 is 31.9 Å². The highest BCUT2D eigenvalue weighted by atomic mass is 32.2. The van der Waals surface area contributed by atoms with Gasteiger partial charge >= 0.3 is 0 Å². The molecule has 0 bridgehead atoms. The van der Waals surface area contributed by atoms with Gasteiger partial charge in [-0.2, -0.15) is 17.9 Å². The molecule has 8 nitrogen and oxygen atoms in total. The van der Waals surface area contributed by atoms with Crippen molar-refractivity contribution in [2.24, 2.45) is 5.10 Å². The molecule has 1 aliphatic heterocycles. The van der Waals surface area contributed by atoms with E-state index in [-0.39, 0.29) is 17.1 Å². The molecule has 2 aromatic carbocycles. The first kappa shape index (κ1) is 22.0. The Morgan fingerprint density at radius 1 is 1.09 bits per heavy atom. The number of sulfonamides is 2. The van der Waals surface area contributed by atoms with Gasteiger partial charge in [-0.25, -0.2) is 12.8 Å². The topological polar surface area (TPSA) is 109 Å². The Balaban J connectivity index is 1.75. The van der Waals surface area contributed by atoms with Crippen LogP contribution in [0.3, 0.4) is 0 Å². The second-order valence-electron chi connectivity index (χ2n) is 7.10. The highest BCUT2D eigenvalue weighted by molar-refractivity contribution is 7.92. The third-order valence-electron chi connectivity index (χ3n) is 4.93. The molecule has 0 fully saturated rings. The molecule has 1 aliphatic rings. The van der Waals surface area contributed by atoms with E-state index in [1.807, 2.05) is 0 Å². The van der Waals surface area contributed by atoms with Crippen LogP contribution in [-0.4, -0.2) is 32.7 Å². The first-order valence-corrected chi connectivity index (χ1v) is 12.8. The standard InChI is InChI=1S/C21H20FN3O5S2/c1-2-31(26,27)24-17-8-3-6-15(12-17)19-14-20(21-10-5-11-30-21)25(23-19)32(28,29)18-9-4-7-16(22)13-18/h3-13,20,24H,2,14H2,1H3/t20-/m1/s1. The Kier molecular flexibility index (Phi) is 5.78. The van der Waals surface area contributed by atoms with E-state index in [0.29, 0.717) is 22.7 Å². The zero-order valence-electron chi connectivity index (χ0n) is 17.0. The van der Waals surface area contributed by atoms with E-state index in [1.54, 1.807) is 36.4 Å². The fourth-order valence-corrected chi connectivity index (χ4v) is 5.41. The van der Waals surface area contributed by atoms with Crippen LogP contribution in [0.2, 0.25) is 0 Å². The van der Waals surface area contributed by atoms with Crippen molar-refractivity contribution in [3.63, 3.8) is 0 Å². The molecule has 1 atom stereocenters. The number of hydrogen-bond acceptors (Lipinski definition) is 6. The Labute approximate surface area is 185 Å². The smallest absolute Gasteiger partial charge is 0.279 e. The average molecular weight is 478 g/mol. The number of hydrogen-bond donors (Lipinski definition) is 1. The van der Waals surface area contributed by atoms with Crippen LogP contribution >= 0.6 is 0 Å². The van der Waals surface area contributed by atoms with Crippen molar-refractivity contribution in [3.8, 4) is 0 Å². The van der Waals surface area contributed by atoms with Crippen molar-refractivity contribution in [1.82, 2.24) is 4.41 Å². The van der Waals surface area contributed by atoms with Crippen LogP contribution in [0.1, 0.15) is 30.7 Å². The van der Waals surface area contributed by atoms with E-state index >= 15 is 0 Å². The maximum absolute atomic E-state index is 13.7. The van der Waals surface area contributed by atoms with Crippen molar-refractivity contribution in [3.05, 3.63) is 84.1 Å². The van der Waals surface area contributed by atoms with Crippen molar-refractivity contribution in [2.45, 2.75) is 24.3 Å². The second-order valence-corrected chi connectivity index (χ2v) is 10.9. The summed E-state index contributed by atoms with van der Waals surface area (Å²) in [6.07, 6.45) is 1.62. The average Bonchev–Trinajstić information content (AvgIpc) is 3.44. The summed E-state index contributed by atoms with van der Waals surface area (Å²) in [5.41, 5.74) is 1.31. The molecule has 2 heterocycles. The minimum absolute atomic E-state index is 0.0849. The normalized spacial score (nSPS) is 16.8. The van der Waals surface area contributed by atoms with Gasteiger partial charge in [-0.3, -0.25) is 4.72 Å². The van der Waals surface area contributed by atoms with E-state index in [0.717, 1.165) is 16.5 Å². The molecule has 11 heteroatoms. The van der Waals surface area contributed by atoms with Crippen LogP contribution in [0.5, 0.6) is 0 Å². The number of anilines is 1. The van der Waals surface area contributed by atoms with Gasteiger partial charge in [0.2, 0.25) is 10.0 Å². The van der Waals surface area contributed by atoms with Gasteiger partial charge in [0.05, 0.1) is 22.6 Å². The number of nitrogens with one attached hydrogen (secondary N) is 1. The lowest BCUT2D eigenvalue weighted by molar-refractivity contribution is 0.320. The maximum atomic E-state index is 13.7. The van der Waals surface area contributed by atoms with Crippen molar-refractivity contribution < 1.29 is 25.6 Å². The Hall–Kier alpha value is -3.18. The molecule has 3 aromatic rings. The van der Waals surface area contributed by atoms with Gasteiger partial charge < -0.3 is 4.42 Å². The summed E-state index contributed by atoms with van der Waals surface area (Å²) in [5, 5.41) is 4.33. The molecule has 0 saturated carbocycles. The zero-order chi connectivity index (χ0) is 22.9. The molecule has 0 unspecified atom stereocenters. The molecular weight excluding hydrogens is 457 g/mol. The summed E-state index contributed by atoms with van der Waals surface area (Å²) in [7, 11) is -7.67. The molecule has 0 aliphatic carbocycles. The number of benzene rings is 2. The van der Waals surface area contributed by atoms with Crippen LogP contribution < -0.4 is 4.72 Å². The van der Waals surface area contributed by atoms with Crippen LogP contribution in [0.4, 0.5) is 10.1 Å². The summed E-state index contributed by atoms with van der Waals surface area (Å²) in [6.45, 7) is 1.52. The van der Waals surface area contributed by atoms with Crippen LogP contribution in [0, 0.1) is 5.82 Å². The van der Waals surface area contributed by atoms with Gasteiger partial charge in [0.1, 0.15) is 17.6 Å². The molecule has 168 valence electrons. The molecule has 4 rings (SSSR count). The van der Waals surface area contributed by atoms with E-state index in [2.05, 4.69) is 9.82 Å². The van der Waals surface area contributed by atoms with E-state index in [4.69, 9.17) is 4.42 Å². The number of furan rings is 1. The first-order valence-electron chi connectivity index (χ1n) is 9.71. The highest BCUT2D eigenvalue weighted by Gasteiger charge is 2.39. The number of rotatable bonds is 7. The third-order valence-corrected chi connectivity index (χ3v) is 7.92. The Morgan fingerprint density at radius 3 is 2.56 bits per heavy atom. The van der Waals surface area contributed by atoms with Gasteiger partial charge in [-0.05, 0) is 55.0 Å². The Bertz CT molecular complexity index is 1370. The molecule has 1 aromatic heterocycles. The molecular formula is C21H20FN3O5S2. The molecule has 1 N–H and O–H groups in total.